The summed E-state index contributed by atoms with van der Waals surface area (Å²) < 4.78 is 29.6. The van der Waals surface area contributed by atoms with Crippen LogP contribution in [0.2, 0.25) is 0 Å². The summed E-state index contributed by atoms with van der Waals surface area (Å²) in [6.45, 7) is 5.87. The van der Waals surface area contributed by atoms with Crippen LogP contribution in [0.1, 0.15) is 6.92 Å². The lowest BCUT2D eigenvalue weighted by molar-refractivity contribution is 0.0354. The number of ether oxygens (including phenoxy) is 1. The average Bonchev–Trinajstić information content (AvgIpc) is 2.02. The number of nitrogens with zero attached hydrogens (tertiary/aromatic N) is 1. The molecular weight excluding hydrogens is 204 g/mol. The van der Waals surface area contributed by atoms with Crippen LogP contribution in [0, 0.1) is 0 Å². The van der Waals surface area contributed by atoms with Crippen molar-refractivity contribution in [2.75, 3.05) is 39.1 Å². The SMILES string of the molecule is C[C@H](CN1CCOCC1)NS(C)(=O)=O. The standard InChI is InChI=1S/C8H18N2O3S/c1-8(9-14(2,11)12)7-10-3-5-13-6-4-10/h8-9H,3-7H2,1-2H3/t8-/m1/s1. The fourth-order valence-corrected chi connectivity index (χ4v) is 2.38. The Balaban J connectivity index is 2.28. The molecule has 1 aliphatic heterocycles. The largest absolute Gasteiger partial charge is 0.379 e. The van der Waals surface area contributed by atoms with Gasteiger partial charge in [-0.3, -0.25) is 4.90 Å². The minimum atomic E-state index is -3.08. The van der Waals surface area contributed by atoms with E-state index >= 15 is 0 Å². The molecule has 1 fully saturated rings. The summed E-state index contributed by atoms with van der Waals surface area (Å²) in [5.41, 5.74) is 0. The monoisotopic (exact) mass is 222 g/mol. The van der Waals surface area contributed by atoms with Crippen molar-refractivity contribution >= 4 is 10.0 Å². The highest BCUT2D eigenvalue weighted by Crippen LogP contribution is 1.98. The third-order valence-corrected chi connectivity index (χ3v) is 2.88. The predicted molar refractivity (Wildman–Crippen MR) is 54.7 cm³/mol. The van der Waals surface area contributed by atoms with E-state index < -0.39 is 10.0 Å². The first-order valence-electron chi connectivity index (χ1n) is 4.75. The number of hydrogen-bond acceptors (Lipinski definition) is 4. The molecule has 1 heterocycles. The van der Waals surface area contributed by atoms with Gasteiger partial charge in [-0.1, -0.05) is 0 Å². The van der Waals surface area contributed by atoms with Gasteiger partial charge in [0.25, 0.3) is 0 Å². The molecule has 1 rings (SSSR count). The van der Waals surface area contributed by atoms with Crippen LogP contribution >= 0.6 is 0 Å². The van der Waals surface area contributed by atoms with Crippen LogP contribution in [-0.4, -0.2) is 58.5 Å². The van der Waals surface area contributed by atoms with Crippen molar-refractivity contribution in [1.29, 1.82) is 0 Å². The number of nitrogens with one attached hydrogen (secondary N) is 1. The van der Waals surface area contributed by atoms with Crippen molar-refractivity contribution in [2.45, 2.75) is 13.0 Å². The van der Waals surface area contributed by atoms with Crippen LogP contribution in [0.5, 0.6) is 0 Å². The summed E-state index contributed by atoms with van der Waals surface area (Å²) >= 11 is 0. The van der Waals surface area contributed by atoms with E-state index in [0.717, 1.165) is 32.8 Å². The van der Waals surface area contributed by atoms with Crippen molar-refractivity contribution in [2.24, 2.45) is 0 Å². The molecule has 0 spiro atoms. The molecule has 5 nitrogen and oxygen atoms in total. The zero-order valence-corrected chi connectivity index (χ0v) is 9.51. The molecule has 0 aliphatic carbocycles. The van der Waals surface area contributed by atoms with Gasteiger partial charge in [0.1, 0.15) is 0 Å². The summed E-state index contributed by atoms with van der Waals surface area (Å²) in [6.07, 6.45) is 1.18. The maximum atomic E-state index is 10.9. The Hall–Kier alpha value is -0.170. The molecule has 0 bridgehead atoms. The molecule has 0 aromatic rings. The van der Waals surface area contributed by atoms with Gasteiger partial charge < -0.3 is 4.74 Å². The predicted octanol–water partition coefficient (Wildman–Crippen LogP) is -0.744. The van der Waals surface area contributed by atoms with Crippen LogP contribution in [0.4, 0.5) is 0 Å². The van der Waals surface area contributed by atoms with Crippen LogP contribution in [-0.2, 0) is 14.8 Å². The molecule has 0 aromatic heterocycles. The van der Waals surface area contributed by atoms with Gasteiger partial charge in [-0.15, -0.1) is 0 Å². The van der Waals surface area contributed by atoms with E-state index in [0.29, 0.717) is 0 Å². The van der Waals surface area contributed by atoms with E-state index in [9.17, 15) is 8.42 Å². The Morgan fingerprint density at radius 1 is 1.43 bits per heavy atom. The zero-order valence-electron chi connectivity index (χ0n) is 8.69. The van der Waals surface area contributed by atoms with Gasteiger partial charge in [-0.05, 0) is 6.92 Å². The molecule has 0 amide bonds. The number of rotatable bonds is 4. The maximum Gasteiger partial charge on any atom is 0.208 e. The lowest BCUT2D eigenvalue weighted by atomic mass is 10.3. The summed E-state index contributed by atoms with van der Waals surface area (Å²) in [5, 5.41) is 0. The van der Waals surface area contributed by atoms with E-state index in [1.807, 2.05) is 6.92 Å². The quantitative estimate of drug-likeness (QED) is 0.680. The molecular formula is C8H18N2O3S. The topological polar surface area (TPSA) is 58.6 Å². The van der Waals surface area contributed by atoms with Gasteiger partial charge in [0, 0.05) is 25.7 Å². The Kier molecular flexibility index (Phi) is 4.31. The molecule has 0 radical (unpaired) electrons. The highest BCUT2D eigenvalue weighted by molar-refractivity contribution is 7.88. The highest BCUT2D eigenvalue weighted by Gasteiger charge is 2.15. The summed E-state index contributed by atoms with van der Waals surface area (Å²) in [6, 6.07) is -0.0388. The Labute approximate surface area is 85.5 Å². The van der Waals surface area contributed by atoms with Crippen molar-refractivity contribution in [1.82, 2.24) is 9.62 Å². The van der Waals surface area contributed by atoms with Gasteiger partial charge >= 0.3 is 0 Å². The summed E-state index contributed by atoms with van der Waals surface area (Å²) in [4.78, 5) is 2.20. The minimum Gasteiger partial charge on any atom is -0.379 e. The van der Waals surface area contributed by atoms with Gasteiger partial charge in [-0.2, -0.15) is 0 Å². The van der Waals surface area contributed by atoms with E-state index in [4.69, 9.17) is 4.74 Å². The molecule has 0 saturated carbocycles. The smallest absolute Gasteiger partial charge is 0.208 e. The van der Waals surface area contributed by atoms with Gasteiger partial charge in [0.05, 0.1) is 19.5 Å². The third-order valence-electron chi connectivity index (χ3n) is 2.05. The van der Waals surface area contributed by atoms with Gasteiger partial charge in [-0.25, -0.2) is 13.1 Å². The number of morpholine rings is 1. The lowest BCUT2D eigenvalue weighted by Crippen LogP contribution is -2.45. The van der Waals surface area contributed by atoms with E-state index in [1.54, 1.807) is 0 Å². The van der Waals surface area contributed by atoms with Crippen molar-refractivity contribution in [3.05, 3.63) is 0 Å². The first-order chi connectivity index (χ1) is 6.47. The van der Waals surface area contributed by atoms with E-state index in [-0.39, 0.29) is 6.04 Å². The van der Waals surface area contributed by atoms with Crippen molar-refractivity contribution in [3.8, 4) is 0 Å². The Bertz CT molecular complexity index is 260. The van der Waals surface area contributed by atoms with Crippen LogP contribution in [0.15, 0.2) is 0 Å². The second kappa shape index (κ2) is 5.06. The fraction of sp³-hybridized carbons (Fsp3) is 1.00. The molecule has 1 N–H and O–H groups in total. The van der Waals surface area contributed by atoms with Crippen LogP contribution in [0.3, 0.4) is 0 Å². The summed E-state index contributed by atoms with van der Waals surface area (Å²) in [5.74, 6) is 0. The number of hydrogen-bond donors (Lipinski definition) is 1. The average molecular weight is 222 g/mol. The summed E-state index contributed by atoms with van der Waals surface area (Å²) in [7, 11) is -3.08. The minimum absolute atomic E-state index is 0.0388. The normalized spacial score (nSPS) is 22.1. The molecule has 84 valence electrons. The molecule has 1 saturated heterocycles. The van der Waals surface area contributed by atoms with Crippen molar-refractivity contribution < 1.29 is 13.2 Å². The fourth-order valence-electron chi connectivity index (χ4n) is 1.57. The first-order valence-corrected chi connectivity index (χ1v) is 6.64. The molecule has 1 atom stereocenters. The van der Waals surface area contributed by atoms with Crippen LogP contribution < -0.4 is 4.72 Å². The van der Waals surface area contributed by atoms with E-state index in [1.165, 1.54) is 6.26 Å². The zero-order chi connectivity index (χ0) is 10.6. The van der Waals surface area contributed by atoms with Gasteiger partial charge in [0.15, 0.2) is 0 Å². The third kappa shape index (κ3) is 4.90. The maximum absolute atomic E-state index is 10.9. The van der Waals surface area contributed by atoms with Crippen LogP contribution in [0.25, 0.3) is 0 Å². The molecule has 14 heavy (non-hydrogen) atoms. The lowest BCUT2D eigenvalue weighted by Gasteiger charge is -2.29. The Morgan fingerprint density at radius 3 is 2.50 bits per heavy atom. The molecule has 1 aliphatic rings. The molecule has 6 heteroatoms. The molecule has 0 aromatic carbocycles. The van der Waals surface area contributed by atoms with Crippen molar-refractivity contribution in [3.63, 3.8) is 0 Å². The molecule has 0 unspecified atom stereocenters. The van der Waals surface area contributed by atoms with Gasteiger partial charge in [0.2, 0.25) is 10.0 Å². The second-order valence-corrected chi connectivity index (χ2v) is 5.48. The first kappa shape index (κ1) is 11.9. The number of sulfonamides is 1. The Morgan fingerprint density at radius 2 is 2.00 bits per heavy atom. The highest BCUT2D eigenvalue weighted by atomic mass is 32.2. The van der Waals surface area contributed by atoms with E-state index in [2.05, 4.69) is 9.62 Å². The second-order valence-electron chi connectivity index (χ2n) is 3.70.